The molecule has 1 rings (SSSR count). The number of amides is 1. The van der Waals surface area contributed by atoms with Gasteiger partial charge in [-0.15, -0.1) is 0 Å². The predicted octanol–water partition coefficient (Wildman–Crippen LogP) is 2.86. The normalized spacial score (nSPS) is 18.5. The van der Waals surface area contributed by atoms with E-state index in [-0.39, 0.29) is 11.6 Å². The van der Waals surface area contributed by atoms with Crippen LogP contribution in [-0.4, -0.2) is 29.6 Å². The van der Waals surface area contributed by atoms with Crippen molar-refractivity contribution in [2.75, 3.05) is 6.54 Å². The molecule has 0 radical (unpaired) electrons. The van der Waals surface area contributed by atoms with E-state index < -0.39 is 18.4 Å². The van der Waals surface area contributed by atoms with Gasteiger partial charge in [-0.05, 0) is 12.8 Å². The first-order valence-electron chi connectivity index (χ1n) is 9.00. The van der Waals surface area contributed by atoms with Gasteiger partial charge in [0, 0.05) is 12.2 Å². The van der Waals surface area contributed by atoms with Crippen molar-refractivity contribution < 1.29 is 14.7 Å². The number of hydrogen-bond donors (Lipinski definition) is 3. The summed E-state index contributed by atoms with van der Waals surface area (Å²) in [6.45, 7) is -0.485. The lowest BCUT2D eigenvalue weighted by molar-refractivity contribution is -0.137. The predicted molar refractivity (Wildman–Crippen MR) is 92.1 cm³/mol. The average Bonchev–Trinajstić information content (AvgIpc) is 2.55. The number of carboxylic acids is 1. The van der Waals surface area contributed by atoms with Gasteiger partial charge >= 0.3 is 5.97 Å². The smallest absolute Gasteiger partial charge is 0.322 e. The summed E-state index contributed by atoms with van der Waals surface area (Å²) in [5, 5.41) is 23.1. The highest BCUT2D eigenvalue weighted by Gasteiger charge is 2.12. The molecular weight excluding hydrogens is 306 g/mol. The summed E-state index contributed by atoms with van der Waals surface area (Å²) in [5.41, 5.74) is -0.0811. The number of carbonyl (C=O) groups is 2. The van der Waals surface area contributed by atoms with E-state index in [1.165, 1.54) is 51.1 Å². The number of nitriles is 1. The van der Waals surface area contributed by atoms with Crippen LogP contribution in [0.5, 0.6) is 0 Å². The summed E-state index contributed by atoms with van der Waals surface area (Å²) in [6.07, 6.45) is 14.8. The number of nitrogens with one attached hydrogen (secondary N) is 2. The molecule has 6 heteroatoms. The first-order valence-corrected chi connectivity index (χ1v) is 9.00. The largest absolute Gasteiger partial charge is 0.480 e. The third-order valence-electron chi connectivity index (χ3n) is 4.33. The van der Waals surface area contributed by atoms with E-state index >= 15 is 0 Å². The minimum absolute atomic E-state index is 0.0811. The van der Waals surface area contributed by atoms with Crippen LogP contribution in [0.3, 0.4) is 0 Å². The van der Waals surface area contributed by atoms with Gasteiger partial charge in [-0.25, -0.2) is 0 Å². The Kier molecular flexibility index (Phi) is 10.3. The molecule has 1 aliphatic rings. The van der Waals surface area contributed by atoms with Crippen LogP contribution in [-0.2, 0) is 9.59 Å². The van der Waals surface area contributed by atoms with Gasteiger partial charge in [0.2, 0.25) is 0 Å². The van der Waals surface area contributed by atoms with Crippen LogP contribution in [0.25, 0.3) is 0 Å². The number of rotatable bonds is 5. The van der Waals surface area contributed by atoms with E-state index in [9.17, 15) is 9.59 Å². The summed E-state index contributed by atoms with van der Waals surface area (Å²) in [6, 6.07) is 2.09. The van der Waals surface area contributed by atoms with Crippen LogP contribution < -0.4 is 10.6 Å². The zero-order chi connectivity index (χ0) is 17.6. The fourth-order valence-electron chi connectivity index (χ4n) is 2.93. The number of aliphatic carboxylic acids is 1. The molecule has 24 heavy (non-hydrogen) atoms. The first-order chi connectivity index (χ1) is 11.6. The summed E-state index contributed by atoms with van der Waals surface area (Å²) in [5.74, 6) is -1.78. The van der Waals surface area contributed by atoms with Crippen LogP contribution in [0.2, 0.25) is 0 Å². The number of carboxylic acid groups (broad SMARTS) is 1. The van der Waals surface area contributed by atoms with E-state index in [1.54, 1.807) is 0 Å². The molecule has 3 N–H and O–H groups in total. The number of hydrogen-bond acceptors (Lipinski definition) is 4. The summed E-state index contributed by atoms with van der Waals surface area (Å²) < 4.78 is 0. The van der Waals surface area contributed by atoms with Crippen LogP contribution in [0.15, 0.2) is 11.8 Å². The molecule has 0 atom stereocenters. The second-order valence-corrected chi connectivity index (χ2v) is 6.37. The van der Waals surface area contributed by atoms with Crippen molar-refractivity contribution >= 4 is 11.9 Å². The van der Waals surface area contributed by atoms with Gasteiger partial charge in [-0.3, -0.25) is 9.59 Å². The first kappa shape index (κ1) is 20.0. The molecule has 1 saturated carbocycles. The van der Waals surface area contributed by atoms with E-state index in [0.29, 0.717) is 0 Å². The fourth-order valence-corrected chi connectivity index (χ4v) is 2.93. The Hall–Kier alpha value is -2.03. The highest BCUT2D eigenvalue weighted by molar-refractivity contribution is 5.98. The molecule has 6 nitrogen and oxygen atoms in total. The van der Waals surface area contributed by atoms with Gasteiger partial charge in [0.05, 0.1) is 0 Å². The summed E-state index contributed by atoms with van der Waals surface area (Å²) >= 11 is 0. The number of nitrogens with zero attached hydrogens (tertiary/aromatic N) is 1. The van der Waals surface area contributed by atoms with Gasteiger partial charge in [-0.2, -0.15) is 5.26 Å². The van der Waals surface area contributed by atoms with Crippen LogP contribution >= 0.6 is 0 Å². The zero-order valence-corrected chi connectivity index (χ0v) is 14.4. The molecule has 1 amide bonds. The Balaban J connectivity index is 2.52. The second-order valence-electron chi connectivity index (χ2n) is 6.37. The minimum atomic E-state index is -1.13. The Labute approximate surface area is 144 Å². The fraction of sp³-hybridized carbons (Fsp3) is 0.722. The molecule has 0 spiro atoms. The third-order valence-corrected chi connectivity index (χ3v) is 4.33. The van der Waals surface area contributed by atoms with Gasteiger partial charge in [0.25, 0.3) is 5.91 Å². The van der Waals surface area contributed by atoms with Gasteiger partial charge in [-0.1, -0.05) is 57.8 Å². The highest BCUT2D eigenvalue weighted by Crippen LogP contribution is 2.17. The van der Waals surface area contributed by atoms with Crippen molar-refractivity contribution in [3.63, 3.8) is 0 Å². The maximum atomic E-state index is 11.8. The molecule has 0 aromatic rings. The third kappa shape index (κ3) is 9.19. The molecule has 0 unspecified atom stereocenters. The highest BCUT2D eigenvalue weighted by atomic mass is 16.4. The van der Waals surface area contributed by atoms with Gasteiger partial charge in [0.15, 0.2) is 0 Å². The molecule has 0 aliphatic heterocycles. The van der Waals surface area contributed by atoms with Crippen molar-refractivity contribution in [3.05, 3.63) is 11.8 Å². The van der Waals surface area contributed by atoms with Crippen LogP contribution in [0.1, 0.15) is 70.6 Å². The molecule has 0 saturated heterocycles. The lowest BCUT2D eigenvalue weighted by Crippen LogP contribution is -2.32. The molecule has 134 valence electrons. The minimum Gasteiger partial charge on any atom is -0.480 e. The Morgan fingerprint density at radius 2 is 1.50 bits per heavy atom. The molecule has 0 aromatic heterocycles. The lowest BCUT2D eigenvalue weighted by atomic mass is 9.98. The van der Waals surface area contributed by atoms with Crippen molar-refractivity contribution in [2.24, 2.45) is 0 Å². The van der Waals surface area contributed by atoms with Crippen molar-refractivity contribution in [2.45, 2.75) is 76.7 Å². The SMILES string of the molecule is N#C/C(=C/NC1CCCCCCCCCCC1)C(=O)NCC(=O)O. The molecular formula is C18H29N3O3. The van der Waals surface area contributed by atoms with Crippen molar-refractivity contribution in [3.8, 4) is 6.07 Å². The number of carbonyl (C=O) groups excluding carboxylic acids is 1. The van der Waals surface area contributed by atoms with Crippen LogP contribution in [0, 0.1) is 11.3 Å². The Morgan fingerprint density at radius 3 is 1.96 bits per heavy atom. The topological polar surface area (TPSA) is 102 Å². The van der Waals surface area contributed by atoms with Crippen molar-refractivity contribution in [1.82, 2.24) is 10.6 Å². The van der Waals surface area contributed by atoms with Crippen molar-refractivity contribution in [1.29, 1.82) is 5.26 Å². The van der Waals surface area contributed by atoms with Gasteiger partial charge in [0.1, 0.15) is 18.2 Å². The van der Waals surface area contributed by atoms with Gasteiger partial charge < -0.3 is 15.7 Å². The standard InChI is InChI=1S/C18H29N3O3/c19-12-15(18(24)21-14-17(22)23)13-20-16-10-8-6-4-2-1-3-5-7-9-11-16/h13,16,20H,1-11,14H2,(H,21,24)(H,22,23)/b15-13-. The quantitative estimate of drug-likeness (QED) is 0.529. The Morgan fingerprint density at radius 1 is 1.00 bits per heavy atom. The second kappa shape index (κ2) is 12.4. The van der Waals surface area contributed by atoms with E-state index in [2.05, 4.69) is 10.6 Å². The Bertz CT molecular complexity index is 457. The lowest BCUT2D eigenvalue weighted by Gasteiger charge is -2.18. The molecule has 1 aliphatic carbocycles. The molecule has 1 fully saturated rings. The van der Waals surface area contributed by atoms with E-state index in [0.717, 1.165) is 25.7 Å². The van der Waals surface area contributed by atoms with E-state index in [4.69, 9.17) is 10.4 Å². The average molecular weight is 335 g/mol. The monoisotopic (exact) mass is 335 g/mol. The maximum Gasteiger partial charge on any atom is 0.322 e. The summed E-state index contributed by atoms with van der Waals surface area (Å²) in [7, 11) is 0. The molecule has 0 heterocycles. The zero-order valence-electron chi connectivity index (χ0n) is 14.4. The molecule has 0 aromatic carbocycles. The molecule has 0 bridgehead atoms. The summed E-state index contributed by atoms with van der Waals surface area (Å²) in [4.78, 5) is 22.2. The van der Waals surface area contributed by atoms with E-state index in [1.807, 2.05) is 6.07 Å². The maximum absolute atomic E-state index is 11.8. The van der Waals surface area contributed by atoms with Crippen LogP contribution in [0.4, 0.5) is 0 Å².